The van der Waals surface area contributed by atoms with Crippen LogP contribution >= 0.6 is 0 Å². The largest absolute Gasteiger partial charge is 0.375 e. The van der Waals surface area contributed by atoms with Crippen molar-refractivity contribution in [3.05, 3.63) is 0 Å². The number of piperidine rings is 1. The predicted molar refractivity (Wildman–Crippen MR) is 112 cm³/mol. The number of nitrogens with zero attached hydrogens (tertiary/aromatic N) is 1. The Morgan fingerprint density at radius 1 is 0.846 bits per heavy atom. The zero-order valence-electron chi connectivity index (χ0n) is 18.6. The molecule has 2 bridgehead atoms. The first kappa shape index (κ1) is 20.6. The van der Waals surface area contributed by atoms with Crippen molar-refractivity contribution in [2.75, 3.05) is 26.2 Å². The van der Waals surface area contributed by atoms with Gasteiger partial charge in [-0.3, -0.25) is 0 Å². The molecule has 0 atom stereocenters. The van der Waals surface area contributed by atoms with E-state index >= 15 is 0 Å². The van der Waals surface area contributed by atoms with Gasteiger partial charge in [0.05, 0.1) is 5.60 Å². The minimum atomic E-state index is 0.242. The van der Waals surface area contributed by atoms with Crippen LogP contribution in [-0.4, -0.2) is 36.7 Å². The van der Waals surface area contributed by atoms with Crippen molar-refractivity contribution in [3.8, 4) is 0 Å². The highest BCUT2D eigenvalue weighted by Crippen LogP contribution is 2.54. The second kappa shape index (κ2) is 7.39. The molecule has 2 heteroatoms. The quantitative estimate of drug-likeness (QED) is 0.569. The third kappa shape index (κ3) is 5.04. The third-order valence-electron chi connectivity index (χ3n) is 7.96. The van der Waals surface area contributed by atoms with Crippen LogP contribution < -0.4 is 0 Å². The summed E-state index contributed by atoms with van der Waals surface area (Å²) in [7, 11) is 0. The Morgan fingerprint density at radius 2 is 1.38 bits per heavy atom. The molecule has 0 radical (unpaired) electrons. The molecule has 0 aromatic carbocycles. The standard InChI is InChI=1S/C24H45NO/c1-21(2,3)15-18-26-24-12-9-23(10-13-24,11-14-24)19-25-16-7-20(8-17-25)22(4,5)6/h20H,7-19H2,1-6H3. The summed E-state index contributed by atoms with van der Waals surface area (Å²) in [5, 5.41) is 0. The number of hydrogen-bond donors (Lipinski definition) is 0. The van der Waals surface area contributed by atoms with Crippen LogP contribution in [0.4, 0.5) is 0 Å². The summed E-state index contributed by atoms with van der Waals surface area (Å²) in [5.74, 6) is 0.915. The SMILES string of the molecule is CC(C)(C)CCOC12CCC(CN3CCC(C(C)(C)C)CC3)(CC1)CC2. The van der Waals surface area contributed by atoms with E-state index in [9.17, 15) is 0 Å². The van der Waals surface area contributed by atoms with E-state index in [0.29, 0.717) is 16.2 Å². The minimum absolute atomic E-state index is 0.242. The second-order valence-corrected chi connectivity index (χ2v) is 12.3. The summed E-state index contributed by atoms with van der Waals surface area (Å²) in [6.45, 7) is 19.2. The molecule has 0 N–H and O–H groups in total. The van der Waals surface area contributed by atoms with E-state index in [-0.39, 0.29) is 5.60 Å². The Morgan fingerprint density at radius 3 is 1.85 bits per heavy atom. The van der Waals surface area contributed by atoms with Crippen LogP contribution in [0.3, 0.4) is 0 Å². The molecule has 0 aromatic heterocycles. The van der Waals surface area contributed by atoms with Crippen molar-refractivity contribution in [2.45, 2.75) is 105 Å². The highest BCUT2D eigenvalue weighted by molar-refractivity contribution is 5.02. The molecule has 4 rings (SSSR count). The fourth-order valence-electron chi connectivity index (χ4n) is 5.69. The highest BCUT2D eigenvalue weighted by Gasteiger charge is 2.50. The molecule has 1 aliphatic heterocycles. The lowest BCUT2D eigenvalue weighted by Crippen LogP contribution is -2.53. The first-order valence-corrected chi connectivity index (χ1v) is 11.4. The number of fused-ring (bicyclic) bond motifs is 3. The molecule has 0 aromatic rings. The van der Waals surface area contributed by atoms with Crippen molar-refractivity contribution in [3.63, 3.8) is 0 Å². The van der Waals surface area contributed by atoms with E-state index < -0.39 is 0 Å². The van der Waals surface area contributed by atoms with Gasteiger partial charge in [-0.2, -0.15) is 0 Å². The van der Waals surface area contributed by atoms with Crippen LogP contribution in [0.25, 0.3) is 0 Å². The van der Waals surface area contributed by atoms with E-state index in [1.54, 1.807) is 0 Å². The monoisotopic (exact) mass is 363 g/mol. The van der Waals surface area contributed by atoms with Gasteiger partial charge in [0.25, 0.3) is 0 Å². The van der Waals surface area contributed by atoms with Gasteiger partial charge >= 0.3 is 0 Å². The third-order valence-corrected chi connectivity index (χ3v) is 7.96. The maximum atomic E-state index is 6.51. The minimum Gasteiger partial charge on any atom is -0.375 e. The van der Waals surface area contributed by atoms with Crippen LogP contribution in [0.1, 0.15) is 99.3 Å². The smallest absolute Gasteiger partial charge is 0.0683 e. The maximum absolute atomic E-state index is 6.51. The number of likely N-dealkylation sites (tertiary alicyclic amines) is 1. The molecule has 3 aliphatic carbocycles. The molecule has 0 spiro atoms. The molecule has 4 aliphatic rings. The molecule has 0 amide bonds. The molecule has 0 unspecified atom stereocenters. The molecule has 1 saturated heterocycles. The van der Waals surface area contributed by atoms with E-state index in [4.69, 9.17) is 4.74 Å². The summed E-state index contributed by atoms with van der Waals surface area (Å²) in [5.41, 5.74) is 1.74. The van der Waals surface area contributed by atoms with Crippen molar-refractivity contribution >= 4 is 0 Å². The zero-order valence-corrected chi connectivity index (χ0v) is 18.6. The van der Waals surface area contributed by atoms with Crippen LogP contribution in [0, 0.1) is 22.2 Å². The van der Waals surface area contributed by atoms with Gasteiger partial charge in [0.15, 0.2) is 0 Å². The summed E-state index contributed by atoms with van der Waals surface area (Å²) in [6.07, 6.45) is 12.1. The zero-order chi connectivity index (χ0) is 19.1. The molecule has 26 heavy (non-hydrogen) atoms. The Balaban J connectivity index is 1.45. The van der Waals surface area contributed by atoms with Gasteiger partial charge in [-0.1, -0.05) is 41.5 Å². The van der Waals surface area contributed by atoms with Gasteiger partial charge in [-0.05, 0) is 93.0 Å². The first-order chi connectivity index (χ1) is 12.0. The number of rotatable bonds is 5. The van der Waals surface area contributed by atoms with E-state index in [2.05, 4.69) is 46.4 Å². The Bertz CT molecular complexity index is 437. The lowest BCUT2D eigenvalue weighted by atomic mass is 9.58. The van der Waals surface area contributed by atoms with Crippen LogP contribution in [-0.2, 0) is 4.74 Å². The molecular weight excluding hydrogens is 318 g/mol. The van der Waals surface area contributed by atoms with Crippen LogP contribution in [0.5, 0.6) is 0 Å². The average Bonchev–Trinajstić information content (AvgIpc) is 2.55. The van der Waals surface area contributed by atoms with E-state index in [1.807, 2.05) is 0 Å². The fraction of sp³-hybridized carbons (Fsp3) is 1.00. The molecule has 4 fully saturated rings. The van der Waals surface area contributed by atoms with Gasteiger partial charge in [0, 0.05) is 13.2 Å². The van der Waals surface area contributed by atoms with Crippen molar-refractivity contribution in [2.24, 2.45) is 22.2 Å². The summed E-state index contributed by atoms with van der Waals surface area (Å²) < 4.78 is 6.51. The Labute approximate surface area is 163 Å². The molecule has 1 heterocycles. The van der Waals surface area contributed by atoms with Gasteiger partial charge in [-0.25, -0.2) is 0 Å². The summed E-state index contributed by atoms with van der Waals surface area (Å²) in [4.78, 5) is 2.81. The Hall–Kier alpha value is -0.0800. The lowest BCUT2D eigenvalue weighted by Gasteiger charge is -2.55. The van der Waals surface area contributed by atoms with Gasteiger partial charge in [0.2, 0.25) is 0 Å². The molecule has 3 saturated carbocycles. The van der Waals surface area contributed by atoms with Gasteiger partial charge in [0.1, 0.15) is 0 Å². The number of ether oxygens (including phenoxy) is 1. The number of hydrogen-bond acceptors (Lipinski definition) is 2. The van der Waals surface area contributed by atoms with Crippen LogP contribution in [0.15, 0.2) is 0 Å². The molecule has 2 nitrogen and oxygen atoms in total. The second-order valence-electron chi connectivity index (χ2n) is 12.3. The average molecular weight is 364 g/mol. The summed E-state index contributed by atoms with van der Waals surface area (Å²) >= 11 is 0. The van der Waals surface area contributed by atoms with Crippen molar-refractivity contribution in [1.82, 2.24) is 4.90 Å². The van der Waals surface area contributed by atoms with Crippen molar-refractivity contribution in [1.29, 1.82) is 0 Å². The first-order valence-electron chi connectivity index (χ1n) is 11.4. The fourth-order valence-corrected chi connectivity index (χ4v) is 5.69. The summed E-state index contributed by atoms with van der Waals surface area (Å²) in [6, 6.07) is 0. The topological polar surface area (TPSA) is 12.5 Å². The van der Waals surface area contributed by atoms with Gasteiger partial charge in [-0.15, -0.1) is 0 Å². The van der Waals surface area contributed by atoms with E-state index in [1.165, 1.54) is 77.4 Å². The molecular formula is C24H45NO. The lowest BCUT2D eigenvalue weighted by molar-refractivity contribution is -0.145. The normalized spacial score (nSPS) is 34.4. The van der Waals surface area contributed by atoms with Gasteiger partial charge < -0.3 is 9.64 Å². The highest BCUT2D eigenvalue weighted by atomic mass is 16.5. The van der Waals surface area contributed by atoms with Crippen LogP contribution in [0.2, 0.25) is 0 Å². The van der Waals surface area contributed by atoms with Crippen molar-refractivity contribution < 1.29 is 4.74 Å². The molecule has 152 valence electrons. The van der Waals surface area contributed by atoms with E-state index in [0.717, 1.165) is 12.5 Å². The Kier molecular flexibility index (Phi) is 5.87. The maximum Gasteiger partial charge on any atom is 0.0683 e. The predicted octanol–water partition coefficient (Wildman–Crippen LogP) is 6.29.